The van der Waals surface area contributed by atoms with Crippen LogP contribution in [0.5, 0.6) is 0 Å². The molecule has 2 saturated heterocycles. The third-order valence-corrected chi connectivity index (χ3v) is 5.55. The highest BCUT2D eigenvalue weighted by Gasteiger charge is 2.29. The first-order chi connectivity index (χ1) is 7.57. The van der Waals surface area contributed by atoms with Gasteiger partial charge in [0.2, 0.25) is 0 Å². The Hall–Kier alpha value is 0.270. The molecule has 2 fully saturated rings. The second kappa shape index (κ2) is 5.28. The normalized spacial score (nSPS) is 35.4. The topological polar surface area (TPSA) is 15.3 Å². The van der Waals surface area contributed by atoms with Crippen LogP contribution >= 0.6 is 11.8 Å². The van der Waals surface area contributed by atoms with Gasteiger partial charge >= 0.3 is 0 Å². The molecule has 2 aliphatic heterocycles. The van der Waals surface area contributed by atoms with Gasteiger partial charge in [-0.2, -0.15) is 11.8 Å². The number of rotatable bonds is 3. The SMILES string of the molecule is CN1CCCC1CNC1CSCC(C)(C)C1. The monoisotopic (exact) mass is 242 g/mol. The molecule has 2 aliphatic rings. The Bertz CT molecular complexity index is 230. The number of hydrogen-bond acceptors (Lipinski definition) is 3. The van der Waals surface area contributed by atoms with Gasteiger partial charge in [0.05, 0.1) is 0 Å². The zero-order valence-corrected chi connectivity index (χ0v) is 11.8. The van der Waals surface area contributed by atoms with E-state index in [1.165, 1.54) is 43.9 Å². The minimum absolute atomic E-state index is 0.530. The predicted octanol–water partition coefficient (Wildman–Crippen LogP) is 2.20. The Balaban J connectivity index is 1.73. The quantitative estimate of drug-likeness (QED) is 0.817. The van der Waals surface area contributed by atoms with Gasteiger partial charge in [0, 0.05) is 24.4 Å². The summed E-state index contributed by atoms with van der Waals surface area (Å²) >= 11 is 2.12. The molecule has 0 aromatic carbocycles. The van der Waals surface area contributed by atoms with E-state index < -0.39 is 0 Å². The van der Waals surface area contributed by atoms with Gasteiger partial charge in [-0.15, -0.1) is 0 Å². The van der Waals surface area contributed by atoms with Crippen molar-refractivity contribution in [2.24, 2.45) is 5.41 Å². The van der Waals surface area contributed by atoms with E-state index in [4.69, 9.17) is 0 Å². The van der Waals surface area contributed by atoms with E-state index in [2.05, 4.69) is 42.9 Å². The maximum atomic E-state index is 3.79. The first kappa shape index (κ1) is 12.7. The van der Waals surface area contributed by atoms with Crippen LogP contribution in [0.25, 0.3) is 0 Å². The highest BCUT2D eigenvalue weighted by Crippen LogP contribution is 2.33. The Kier molecular flexibility index (Phi) is 4.20. The maximum absolute atomic E-state index is 3.79. The average molecular weight is 242 g/mol. The summed E-state index contributed by atoms with van der Waals surface area (Å²) in [7, 11) is 2.26. The van der Waals surface area contributed by atoms with Crippen molar-refractivity contribution in [3.8, 4) is 0 Å². The molecule has 2 rings (SSSR count). The maximum Gasteiger partial charge on any atom is 0.0218 e. The number of nitrogens with one attached hydrogen (secondary N) is 1. The van der Waals surface area contributed by atoms with Crippen LogP contribution in [0.2, 0.25) is 0 Å². The van der Waals surface area contributed by atoms with E-state index in [1.54, 1.807) is 0 Å². The molecule has 16 heavy (non-hydrogen) atoms. The van der Waals surface area contributed by atoms with Gasteiger partial charge in [0.1, 0.15) is 0 Å². The fourth-order valence-electron chi connectivity index (χ4n) is 2.93. The molecule has 0 amide bonds. The fourth-order valence-corrected chi connectivity index (χ4v) is 4.24. The lowest BCUT2D eigenvalue weighted by Gasteiger charge is -2.36. The Morgan fingerprint density at radius 3 is 2.88 bits per heavy atom. The van der Waals surface area contributed by atoms with E-state index in [1.807, 2.05) is 0 Å². The second-order valence-corrected chi connectivity index (χ2v) is 7.30. The van der Waals surface area contributed by atoms with Gasteiger partial charge in [-0.05, 0) is 44.0 Å². The highest BCUT2D eigenvalue weighted by atomic mass is 32.2. The Morgan fingerprint density at radius 2 is 2.25 bits per heavy atom. The van der Waals surface area contributed by atoms with E-state index in [9.17, 15) is 0 Å². The van der Waals surface area contributed by atoms with Crippen molar-refractivity contribution >= 4 is 11.8 Å². The van der Waals surface area contributed by atoms with Gasteiger partial charge in [-0.25, -0.2) is 0 Å². The molecule has 0 radical (unpaired) electrons. The van der Waals surface area contributed by atoms with Crippen molar-refractivity contribution in [3.63, 3.8) is 0 Å². The highest BCUT2D eigenvalue weighted by molar-refractivity contribution is 7.99. The molecule has 2 heterocycles. The van der Waals surface area contributed by atoms with E-state index in [-0.39, 0.29) is 0 Å². The molecule has 0 aromatic heterocycles. The molecule has 0 spiro atoms. The van der Waals surface area contributed by atoms with E-state index in [0.717, 1.165) is 12.1 Å². The minimum Gasteiger partial charge on any atom is -0.312 e. The Morgan fingerprint density at radius 1 is 1.44 bits per heavy atom. The lowest BCUT2D eigenvalue weighted by Crippen LogP contribution is -2.45. The van der Waals surface area contributed by atoms with Crippen LogP contribution in [-0.4, -0.2) is 48.6 Å². The smallest absolute Gasteiger partial charge is 0.0218 e. The number of hydrogen-bond donors (Lipinski definition) is 1. The lowest BCUT2D eigenvalue weighted by atomic mass is 9.88. The molecule has 2 atom stereocenters. The largest absolute Gasteiger partial charge is 0.312 e. The molecule has 1 N–H and O–H groups in total. The van der Waals surface area contributed by atoms with Gasteiger partial charge in [-0.3, -0.25) is 0 Å². The fraction of sp³-hybridized carbons (Fsp3) is 1.00. The molecular formula is C13H26N2S. The summed E-state index contributed by atoms with van der Waals surface area (Å²) < 4.78 is 0. The summed E-state index contributed by atoms with van der Waals surface area (Å²) in [5, 5.41) is 3.79. The summed E-state index contributed by atoms with van der Waals surface area (Å²) in [6, 6.07) is 1.53. The summed E-state index contributed by atoms with van der Waals surface area (Å²) in [6.45, 7) is 7.28. The standard InChI is InChI=1S/C13H26N2S/c1-13(2)7-11(9-16-10-13)14-8-12-5-4-6-15(12)3/h11-12,14H,4-10H2,1-3H3. The lowest BCUT2D eigenvalue weighted by molar-refractivity contribution is 0.269. The molecule has 0 saturated carbocycles. The molecule has 2 unspecified atom stereocenters. The van der Waals surface area contributed by atoms with E-state index >= 15 is 0 Å². The van der Waals surface area contributed by atoms with Crippen LogP contribution in [0.3, 0.4) is 0 Å². The molecule has 3 heteroatoms. The number of nitrogens with zero attached hydrogens (tertiary/aromatic N) is 1. The first-order valence-corrected chi connectivity index (χ1v) is 7.74. The van der Waals surface area contributed by atoms with E-state index in [0.29, 0.717) is 5.41 Å². The first-order valence-electron chi connectivity index (χ1n) is 6.58. The van der Waals surface area contributed by atoms with Crippen molar-refractivity contribution in [1.29, 1.82) is 0 Å². The Labute approximate surface area is 105 Å². The number of likely N-dealkylation sites (N-methyl/N-ethyl adjacent to an activating group) is 1. The van der Waals surface area contributed by atoms with Crippen LogP contribution in [0.4, 0.5) is 0 Å². The van der Waals surface area contributed by atoms with Crippen molar-refractivity contribution in [3.05, 3.63) is 0 Å². The molecule has 94 valence electrons. The molecule has 2 nitrogen and oxygen atoms in total. The number of thioether (sulfide) groups is 1. The van der Waals surface area contributed by atoms with Crippen LogP contribution in [-0.2, 0) is 0 Å². The summed E-state index contributed by atoms with van der Waals surface area (Å²) in [4.78, 5) is 2.51. The van der Waals surface area contributed by atoms with Crippen LogP contribution < -0.4 is 5.32 Å². The van der Waals surface area contributed by atoms with Crippen LogP contribution in [0, 0.1) is 5.41 Å². The van der Waals surface area contributed by atoms with Gasteiger partial charge in [0.15, 0.2) is 0 Å². The third-order valence-electron chi connectivity index (χ3n) is 3.92. The number of likely N-dealkylation sites (tertiary alicyclic amines) is 1. The molecule has 0 aliphatic carbocycles. The average Bonchev–Trinajstić information content (AvgIpc) is 2.60. The van der Waals surface area contributed by atoms with Crippen molar-refractivity contribution in [2.75, 3.05) is 31.6 Å². The zero-order valence-electron chi connectivity index (χ0n) is 11.0. The third kappa shape index (κ3) is 3.38. The van der Waals surface area contributed by atoms with Crippen molar-refractivity contribution < 1.29 is 0 Å². The van der Waals surface area contributed by atoms with Gasteiger partial charge < -0.3 is 10.2 Å². The second-order valence-electron chi connectivity index (χ2n) is 6.27. The van der Waals surface area contributed by atoms with Crippen molar-refractivity contribution in [1.82, 2.24) is 10.2 Å². The van der Waals surface area contributed by atoms with Crippen molar-refractivity contribution in [2.45, 2.75) is 45.2 Å². The van der Waals surface area contributed by atoms with Crippen LogP contribution in [0.1, 0.15) is 33.1 Å². The summed E-state index contributed by atoms with van der Waals surface area (Å²) in [5.41, 5.74) is 0.530. The van der Waals surface area contributed by atoms with Crippen LogP contribution in [0.15, 0.2) is 0 Å². The summed E-state index contributed by atoms with van der Waals surface area (Å²) in [6.07, 6.45) is 4.11. The predicted molar refractivity (Wildman–Crippen MR) is 73.2 cm³/mol. The molecule has 0 aromatic rings. The molecular weight excluding hydrogens is 216 g/mol. The van der Waals surface area contributed by atoms with Gasteiger partial charge in [-0.1, -0.05) is 13.8 Å². The zero-order chi connectivity index (χ0) is 11.6. The summed E-state index contributed by atoms with van der Waals surface area (Å²) in [5.74, 6) is 2.63. The minimum atomic E-state index is 0.530. The van der Waals surface area contributed by atoms with Gasteiger partial charge in [0.25, 0.3) is 0 Å². The molecule has 0 bridgehead atoms.